The maximum absolute atomic E-state index is 12.0. The number of urea groups is 1. The van der Waals surface area contributed by atoms with Crippen LogP contribution in [0, 0.1) is 0 Å². The van der Waals surface area contributed by atoms with Gasteiger partial charge in [0, 0.05) is 19.3 Å². The number of amides is 3. The SMILES string of the molecule is CC(C)(C)OC(=O)c1ccc(N2CCC3(CC2)NC(=O)NC3=O)nc1. The minimum atomic E-state index is -0.802. The van der Waals surface area contributed by atoms with Gasteiger partial charge in [0.25, 0.3) is 5.91 Å². The van der Waals surface area contributed by atoms with E-state index in [9.17, 15) is 14.4 Å². The number of hydrogen-bond acceptors (Lipinski definition) is 6. The zero-order valence-electron chi connectivity index (χ0n) is 14.6. The van der Waals surface area contributed by atoms with Crippen molar-refractivity contribution in [3.63, 3.8) is 0 Å². The molecule has 0 saturated carbocycles. The molecule has 25 heavy (non-hydrogen) atoms. The minimum Gasteiger partial charge on any atom is -0.456 e. The summed E-state index contributed by atoms with van der Waals surface area (Å²) in [6, 6.07) is 3.02. The fraction of sp³-hybridized carbons (Fsp3) is 0.529. The third kappa shape index (κ3) is 3.57. The van der Waals surface area contributed by atoms with Crippen molar-refractivity contribution in [1.82, 2.24) is 15.6 Å². The van der Waals surface area contributed by atoms with E-state index < -0.39 is 23.1 Å². The number of pyridine rings is 1. The summed E-state index contributed by atoms with van der Waals surface area (Å²) in [4.78, 5) is 41.7. The minimum absolute atomic E-state index is 0.259. The van der Waals surface area contributed by atoms with Crippen LogP contribution in [0.25, 0.3) is 0 Å². The number of carbonyl (C=O) groups is 3. The number of anilines is 1. The summed E-state index contributed by atoms with van der Waals surface area (Å²) < 4.78 is 5.32. The predicted molar refractivity (Wildman–Crippen MR) is 90.3 cm³/mol. The number of ether oxygens (including phenoxy) is 1. The lowest BCUT2D eigenvalue weighted by Crippen LogP contribution is -2.55. The molecule has 2 aliphatic rings. The van der Waals surface area contributed by atoms with Gasteiger partial charge in [-0.15, -0.1) is 0 Å². The number of imide groups is 1. The molecule has 2 aliphatic heterocycles. The number of esters is 1. The Morgan fingerprint density at radius 2 is 1.92 bits per heavy atom. The van der Waals surface area contributed by atoms with Crippen LogP contribution in [-0.4, -0.2) is 47.1 Å². The summed E-state index contributed by atoms with van der Waals surface area (Å²) in [6.45, 7) is 6.62. The molecule has 134 valence electrons. The molecule has 2 fully saturated rings. The van der Waals surface area contributed by atoms with E-state index in [1.165, 1.54) is 6.20 Å². The molecule has 1 spiro atoms. The van der Waals surface area contributed by atoms with Gasteiger partial charge in [-0.2, -0.15) is 0 Å². The predicted octanol–water partition coefficient (Wildman–Crippen LogP) is 1.22. The van der Waals surface area contributed by atoms with E-state index in [1.807, 2.05) is 25.7 Å². The Balaban J connectivity index is 1.64. The molecular weight excluding hydrogens is 324 g/mol. The first-order valence-corrected chi connectivity index (χ1v) is 8.26. The van der Waals surface area contributed by atoms with Gasteiger partial charge in [0.2, 0.25) is 0 Å². The van der Waals surface area contributed by atoms with Crippen LogP contribution >= 0.6 is 0 Å². The maximum atomic E-state index is 12.0. The second-order valence-electron chi connectivity index (χ2n) is 7.38. The maximum Gasteiger partial charge on any atom is 0.340 e. The Bertz CT molecular complexity index is 700. The van der Waals surface area contributed by atoms with Crippen molar-refractivity contribution < 1.29 is 19.1 Å². The molecule has 1 aromatic heterocycles. The molecule has 1 aromatic rings. The van der Waals surface area contributed by atoms with Crippen LogP contribution in [-0.2, 0) is 9.53 Å². The molecule has 0 atom stereocenters. The molecular formula is C17H22N4O4. The number of carbonyl (C=O) groups excluding carboxylic acids is 3. The molecule has 0 aliphatic carbocycles. The van der Waals surface area contributed by atoms with Gasteiger partial charge in [0.15, 0.2) is 0 Å². The lowest BCUT2D eigenvalue weighted by Gasteiger charge is -2.37. The average Bonchev–Trinajstić information content (AvgIpc) is 2.80. The highest BCUT2D eigenvalue weighted by Crippen LogP contribution is 2.28. The van der Waals surface area contributed by atoms with Crippen LogP contribution in [0.3, 0.4) is 0 Å². The second kappa shape index (κ2) is 6.02. The molecule has 2 saturated heterocycles. The fourth-order valence-electron chi connectivity index (χ4n) is 3.03. The summed E-state index contributed by atoms with van der Waals surface area (Å²) in [5.41, 5.74) is -0.956. The van der Waals surface area contributed by atoms with Crippen LogP contribution in [0.1, 0.15) is 44.0 Å². The van der Waals surface area contributed by atoms with E-state index in [2.05, 4.69) is 15.6 Å². The molecule has 3 amide bonds. The molecule has 2 N–H and O–H groups in total. The smallest absolute Gasteiger partial charge is 0.340 e. The summed E-state index contributed by atoms with van der Waals surface area (Å²) >= 11 is 0. The number of rotatable bonds is 2. The first-order valence-electron chi connectivity index (χ1n) is 8.26. The van der Waals surface area contributed by atoms with Gasteiger partial charge in [-0.25, -0.2) is 14.6 Å². The second-order valence-corrected chi connectivity index (χ2v) is 7.38. The molecule has 3 rings (SSSR count). The van der Waals surface area contributed by atoms with Crippen molar-refractivity contribution in [2.45, 2.75) is 44.8 Å². The topological polar surface area (TPSA) is 101 Å². The van der Waals surface area contributed by atoms with Gasteiger partial charge in [-0.3, -0.25) is 10.1 Å². The Hall–Kier alpha value is -2.64. The Labute approximate surface area is 145 Å². The number of aromatic nitrogens is 1. The fourth-order valence-corrected chi connectivity index (χ4v) is 3.03. The van der Waals surface area contributed by atoms with Gasteiger partial charge >= 0.3 is 12.0 Å². The Morgan fingerprint density at radius 3 is 2.40 bits per heavy atom. The van der Waals surface area contributed by atoms with E-state index in [0.717, 1.165) is 5.82 Å². The summed E-state index contributed by atoms with van der Waals surface area (Å²) in [5, 5.41) is 5.02. The quantitative estimate of drug-likeness (QED) is 0.617. The average molecular weight is 346 g/mol. The van der Waals surface area contributed by atoms with Crippen molar-refractivity contribution in [3.8, 4) is 0 Å². The first-order chi connectivity index (χ1) is 11.7. The summed E-state index contributed by atoms with van der Waals surface area (Å²) in [7, 11) is 0. The van der Waals surface area contributed by atoms with Crippen LogP contribution in [0.2, 0.25) is 0 Å². The van der Waals surface area contributed by atoms with Gasteiger partial charge in [0.1, 0.15) is 17.0 Å². The molecule has 0 bridgehead atoms. The zero-order chi connectivity index (χ0) is 18.2. The molecule has 8 heteroatoms. The number of piperidine rings is 1. The van der Waals surface area contributed by atoms with Gasteiger partial charge in [0.05, 0.1) is 5.56 Å². The molecule has 0 unspecified atom stereocenters. The Morgan fingerprint density at radius 1 is 1.24 bits per heavy atom. The monoisotopic (exact) mass is 346 g/mol. The van der Waals surface area contributed by atoms with Crippen LogP contribution in [0.5, 0.6) is 0 Å². The Kier molecular flexibility index (Phi) is 4.14. The van der Waals surface area contributed by atoms with E-state index in [1.54, 1.807) is 12.1 Å². The van der Waals surface area contributed by atoms with Crippen LogP contribution in [0.4, 0.5) is 10.6 Å². The largest absolute Gasteiger partial charge is 0.456 e. The molecule has 3 heterocycles. The normalized spacial score (nSPS) is 19.6. The van der Waals surface area contributed by atoms with Crippen molar-refractivity contribution in [1.29, 1.82) is 0 Å². The van der Waals surface area contributed by atoms with Crippen molar-refractivity contribution in [2.24, 2.45) is 0 Å². The van der Waals surface area contributed by atoms with Crippen LogP contribution in [0.15, 0.2) is 18.3 Å². The third-order valence-corrected chi connectivity index (χ3v) is 4.34. The third-order valence-electron chi connectivity index (χ3n) is 4.34. The van der Waals surface area contributed by atoms with Crippen LogP contribution < -0.4 is 15.5 Å². The van der Waals surface area contributed by atoms with Crippen molar-refractivity contribution >= 4 is 23.7 Å². The lowest BCUT2D eigenvalue weighted by atomic mass is 9.88. The molecule has 0 aromatic carbocycles. The highest BCUT2D eigenvalue weighted by Gasteiger charge is 2.47. The molecule has 0 radical (unpaired) electrons. The van der Waals surface area contributed by atoms with E-state index in [-0.39, 0.29) is 5.91 Å². The van der Waals surface area contributed by atoms with Gasteiger partial charge in [-0.05, 0) is 45.7 Å². The summed E-state index contributed by atoms with van der Waals surface area (Å²) in [6.07, 6.45) is 2.53. The highest BCUT2D eigenvalue weighted by molar-refractivity contribution is 6.07. The van der Waals surface area contributed by atoms with Gasteiger partial charge < -0.3 is 15.0 Å². The van der Waals surface area contributed by atoms with E-state index in [4.69, 9.17) is 4.74 Å². The number of hydrogen-bond donors (Lipinski definition) is 2. The zero-order valence-corrected chi connectivity index (χ0v) is 14.6. The highest BCUT2D eigenvalue weighted by atomic mass is 16.6. The van der Waals surface area contributed by atoms with Gasteiger partial charge in [-0.1, -0.05) is 0 Å². The van der Waals surface area contributed by atoms with E-state index >= 15 is 0 Å². The molecule has 8 nitrogen and oxygen atoms in total. The lowest BCUT2D eigenvalue weighted by molar-refractivity contribution is -0.124. The van der Waals surface area contributed by atoms with Crippen molar-refractivity contribution in [3.05, 3.63) is 23.9 Å². The summed E-state index contributed by atoms with van der Waals surface area (Å²) in [5.74, 6) is 0.0618. The first kappa shape index (κ1) is 17.2. The standard InChI is InChI=1S/C17H22N4O4/c1-16(2,3)25-13(22)11-4-5-12(18-10-11)21-8-6-17(7-9-21)14(23)19-15(24)20-17/h4-5,10H,6-9H2,1-3H3,(H2,19,20,23,24). The van der Waals surface area contributed by atoms with Crippen molar-refractivity contribution in [2.75, 3.05) is 18.0 Å². The van der Waals surface area contributed by atoms with E-state index in [0.29, 0.717) is 31.5 Å². The number of nitrogens with zero attached hydrogens (tertiary/aromatic N) is 2. The number of nitrogens with one attached hydrogen (secondary N) is 2.